The second-order valence-electron chi connectivity index (χ2n) is 5.89. The van der Waals surface area contributed by atoms with Crippen molar-refractivity contribution in [3.05, 3.63) is 42.0 Å². The van der Waals surface area contributed by atoms with Gasteiger partial charge in [-0.05, 0) is 36.8 Å². The molecule has 0 radical (unpaired) electrons. The van der Waals surface area contributed by atoms with Gasteiger partial charge in [0.25, 0.3) is 0 Å². The Morgan fingerprint density at radius 3 is 2.22 bits per heavy atom. The van der Waals surface area contributed by atoms with Gasteiger partial charge >= 0.3 is 0 Å². The molecule has 0 aliphatic rings. The summed E-state index contributed by atoms with van der Waals surface area (Å²) in [4.78, 5) is 26.1. The number of methoxy groups -OCH3 is 3. The highest BCUT2D eigenvalue weighted by molar-refractivity contribution is 6.03. The minimum atomic E-state index is -0.362. The fourth-order valence-electron chi connectivity index (χ4n) is 2.63. The van der Waals surface area contributed by atoms with Crippen molar-refractivity contribution in [3.8, 4) is 17.2 Å². The van der Waals surface area contributed by atoms with Gasteiger partial charge in [-0.15, -0.1) is 0 Å². The minimum Gasteiger partial charge on any atom is -0.497 e. The lowest BCUT2D eigenvalue weighted by Gasteiger charge is -2.23. The summed E-state index contributed by atoms with van der Waals surface area (Å²) >= 11 is 0. The first-order valence-electron chi connectivity index (χ1n) is 8.34. The molecule has 1 N–H and O–H groups in total. The van der Waals surface area contributed by atoms with E-state index < -0.39 is 0 Å². The average Bonchev–Trinajstić information content (AvgIpc) is 2.65. The van der Waals surface area contributed by atoms with E-state index >= 15 is 0 Å². The summed E-state index contributed by atoms with van der Waals surface area (Å²) in [6.45, 7) is 3.12. The quantitative estimate of drug-likeness (QED) is 0.808. The van der Waals surface area contributed by atoms with E-state index in [0.717, 1.165) is 5.56 Å². The van der Waals surface area contributed by atoms with Crippen molar-refractivity contribution < 1.29 is 23.8 Å². The molecule has 2 rings (SSSR count). The van der Waals surface area contributed by atoms with Crippen LogP contribution < -0.4 is 24.4 Å². The third kappa shape index (κ3) is 4.91. The van der Waals surface area contributed by atoms with Crippen molar-refractivity contribution in [2.45, 2.75) is 13.8 Å². The molecule has 0 saturated heterocycles. The molecule has 0 aromatic heterocycles. The lowest BCUT2D eigenvalue weighted by molar-refractivity contribution is -0.120. The number of benzene rings is 2. The van der Waals surface area contributed by atoms with Gasteiger partial charge in [0.05, 0.1) is 32.7 Å². The molecule has 27 heavy (non-hydrogen) atoms. The molecule has 0 heterocycles. The predicted molar refractivity (Wildman–Crippen MR) is 104 cm³/mol. The Labute approximate surface area is 158 Å². The van der Waals surface area contributed by atoms with Crippen molar-refractivity contribution in [1.82, 2.24) is 0 Å². The molecule has 2 aromatic carbocycles. The van der Waals surface area contributed by atoms with E-state index in [1.165, 1.54) is 33.2 Å². The van der Waals surface area contributed by atoms with Crippen LogP contribution in [0.15, 0.2) is 36.4 Å². The van der Waals surface area contributed by atoms with Gasteiger partial charge < -0.3 is 19.5 Å². The third-order valence-electron chi connectivity index (χ3n) is 3.99. The maximum absolute atomic E-state index is 12.6. The van der Waals surface area contributed by atoms with Gasteiger partial charge in [-0.25, -0.2) is 0 Å². The Hall–Kier alpha value is -3.22. The number of amides is 2. The van der Waals surface area contributed by atoms with Gasteiger partial charge in [-0.1, -0.05) is 6.07 Å². The van der Waals surface area contributed by atoms with Crippen molar-refractivity contribution in [2.24, 2.45) is 0 Å². The Morgan fingerprint density at radius 2 is 1.63 bits per heavy atom. The maximum Gasteiger partial charge on any atom is 0.244 e. The Bertz CT molecular complexity index is 835. The highest BCUT2D eigenvalue weighted by atomic mass is 16.5. The van der Waals surface area contributed by atoms with Crippen LogP contribution in [-0.2, 0) is 9.59 Å². The number of aryl methyl sites for hydroxylation is 1. The number of hydrogen-bond acceptors (Lipinski definition) is 5. The topological polar surface area (TPSA) is 77.1 Å². The van der Waals surface area contributed by atoms with Crippen molar-refractivity contribution in [3.63, 3.8) is 0 Å². The first kappa shape index (κ1) is 20.1. The molecule has 0 aliphatic heterocycles. The zero-order valence-electron chi connectivity index (χ0n) is 16.2. The molecule has 0 atom stereocenters. The first-order chi connectivity index (χ1) is 12.9. The Morgan fingerprint density at radius 1 is 0.963 bits per heavy atom. The summed E-state index contributed by atoms with van der Waals surface area (Å²) in [6.07, 6.45) is 0. The van der Waals surface area contributed by atoms with E-state index in [4.69, 9.17) is 14.2 Å². The summed E-state index contributed by atoms with van der Waals surface area (Å²) in [5.74, 6) is 0.902. The van der Waals surface area contributed by atoms with E-state index in [0.29, 0.717) is 28.6 Å². The van der Waals surface area contributed by atoms with Crippen LogP contribution in [0.3, 0.4) is 0 Å². The number of rotatable bonds is 7. The normalized spacial score (nSPS) is 10.1. The van der Waals surface area contributed by atoms with Crippen molar-refractivity contribution in [1.29, 1.82) is 0 Å². The predicted octanol–water partition coefficient (Wildman–Crippen LogP) is 3.01. The highest BCUT2D eigenvalue weighted by Crippen LogP contribution is 2.32. The summed E-state index contributed by atoms with van der Waals surface area (Å²) in [7, 11) is 4.56. The number of carbonyl (C=O) groups excluding carboxylic acids is 2. The number of anilines is 2. The molecule has 7 heteroatoms. The van der Waals surface area contributed by atoms with Gasteiger partial charge in [-0.3, -0.25) is 14.5 Å². The SMILES string of the molecule is COc1ccc(OC)c(N(CC(=O)Nc2cc(C)ccc2OC)C(C)=O)c1. The zero-order chi connectivity index (χ0) is 20.0. The van der Waals surface area contributed by atoms with E-state index in [-0.39, 0.29) is 18.4 Å². The van der Waals surface area contributed by atoms with Crippen LogP contribution in [0.25, 0.3) is 0 Å². The zero-order valence-corrected chi connectivity index (χ0v) is 16.2. The van der Waals surface area contributed by atoms with Gasteiger partial charge in [0, 0.05) is 13.0 Å². The van der Waals surface area contributed by atoms with Crippen LogP contribution in [-0.4, -0.2) is 39.7 Å². The number of nitrogens with one attached hydrogen (secondary N) is 1. The van der Waals surface area contributed by atoms with Crippen LogP contribution in [0.4, 0.5) is 11.4 Å². The van der Waals surface area contributed by atoms with Crippen LogP contribution in [0.2, 0.25) is 0 Å². The van der Waals surface area contributed by atoms with Gasteiger partial charge in [0.15, 0.2) is 0 Å². The van der Waals surface area contributed by atoms with Crippen molar-refractivity contribution in [2.75, 3.05) is 38.1 Å². The minimum absolute atomic E-state index is 0.185. The summed E-state index contributed by atoms with van der Waals surface area (Å²) in [5, 5.41) is 2.79. The smallest absolute Gasteiger partial charge is 0.244 e. The molecule has 0 unspecified atom stereocenters. The lowest BCUT2D eigenvalue weighted by Crippen LogP contribution is -2.37. The molecular weight excluding hydrogens is 348 g/mol. The number of hydrogen-bond donors (Lipinski definition) is 1. The second kappa shape index (κ2) is 8.93. The van der Waals surface area contributed by atoms with E-state index in [2.05, 4.69) is 5.32 Å². The third-order valence-corrected chi connectivity index (χ3v) is 3.99. The molecule has 2 amide bonds. The molecule has 0 bridgehead atoms. The Balaban J connectivity index is 2.28. The summed E-state index contributed by atoms with van der Waals surface area (Å²) < 4.78 is 15.8. The van der Waals surface area contributed by atoms with E-state index in [9.17, 15) is 9.59 Å². The number of carbonyl (C=O) groups is 2. The van der Waals surface area contributed by atoms with Gasteiger partial charge in [0.2, 0.25) is 11.8 Å². The van der Waals surface area contributed by atoms with E-state index in [1.54, 1.807) is 30.3 Å². The standard InChI is InChI=1S/C20H24N2O5/c1-13-6-8-18(26-4)16(10-13)21-20(24)12-22(14(2)23)17-11-15(25-3)7-9-19(17)27-5/h6-11H,12H2,1-5H3,(H,21,24). The highest BCUT2D eigenvalue weighted by Gasteiger charge is 2.21. The number of ether oxygens (including phenoxy) is 3. The molecule has 0 fully saturated rings. The summed E-state index contributed by atoms with van der Waals surface area (Å²) in [6, 6.07) is 10.5. The van der Waals surface area contributed by atoms with Crippen LogP contribution in [0, 0.1) is 6.92 Å². The first-order valence-corrected chi connectivity index (χ1v) is 8.34. The Kier molecular flexibility index (Phi) is 6.65. The van der Waals surface area contributed by atoms with E-state index in [1.807, 2.05) is 13.0 Å². The molecule has 7 nitrogen and oxygen atoms in total. The molecule has 0 aliphatic carbocycles. The average molecular weight is 372 g/mol. The molecule has 0 spiro atoms. The summed E-state index contributed by atoms with van der Waals surface area (Å²) in [5.41, 5.74) is 1.98. The van der Waals surface area contributed by atoms with Gasteiger partial charge in [0.1, 0.15) is 23.8 Å². The largest absolute Gasteiger partial charge is 0.497 e. The van der Waals surface area contributed by atoms with Crippen LogP contribution in [0.5, 0.6) is 17.2 Å². The number of nitrogens with zero attached hydrogens (tertiary/aromatic N) is 1. The fourth-order valence-corrected chi connectivity index (χ4v) is 2.63. The lowest BCUT2D eigenvalue weighted by atomic mass is 10.2. The molecule has 144 valence electrons. The molecular formula is C20H24N2O5. The maximum atomic E-state index is 12.6. The molecule has 2 aromatic rings. The molecule has 0 saturated carbocycles. The second-order valence-corrected chi connectivity index (χ2v) is 5.89. The van der Waals surface area contributed by atoms with Crippen LogP contribution >= 0.6 is 0 Å². The monoisotopic (exact) mass is 372 g/mol. The fraction of sp³-hybridized carbons (Fsp3) is 0.300. The van der Waals surface area contributed by atoms with Gasteiger partial charge in [-0.2, -0.15) is 0 Å². The van der Waals surface area contributed by atoms with Crippen molar-refractivity contribution >= 4 is 23.2 Å². The van der Waals surface area contributed by atoms with Crippen LogP contribution in [0.1, 0.15) is 12.5 Å².